The van der Waals surface area contributed by atoms with Crippen molar-refractivity contribution in [2.45, 2.75) is 31.7 Å². The van der Waals surface area contributed by atoms with Crippen LogP contribution >= 0.6 is 0 Å². The fraction of sp³-hybridized carbons (Fsp3) is 0.316. The molecular weight excluding hydrogens is 272 g/mol. The summed E-state index contributed by atoms with van der Waals surface area (Å²) >= 11 is 0. The molecule has 1 heterocycles. The molecule has 3 nitrogen and oxygen atoms in total. The first-order valence-electron chi connectivity index (χ1n) is 7.93. The third kappa shape index (κ3) is 3.30. The smallest absolute Gasteiger partial charge is 0.240 e. The molecule has 0 aliphatic carbocycles. The molecule has 22 heavy (non-hydrogen) atoms. The third-order valence-corrected chi connectivity index (χ3v) is 4.39. The Bertz CT molecular complexity index is 622. The quantitative estimate of drug-likeness (QED) is 0.921. The monoisotopic (exact) mass is 294 g/mol. The molecule has 0 bridgehead atoms. The lowest BCUT2D eigenvalue weighted by Gasteiger charge is -2.24. The van der Waals surface area contributed by atoms with Crippen molar-refractivity contribution in [3.8, 4) is 0 Å². The molecule has 114 valence electrons. The van der Waals surface area contributed by atoms with E-state index in [9.17, 15) is 4.79 Å². The highest BCUT2D eigenvalue weighted by Gasteiger charge is 2.28. The number of aryl methyl sites for hydroxylation is 2. The summed E-state index contributed by atoms with van der Waals surface area (Å²) in [6.07, 6.45) is 3.98. The van der Waals surface area contributed by atoms with E-state index in [4.69, 9.17) is 5.73 Å². The van der Waals surface area contributed by atoms with E-state index in [2.05, 4.69) is 53.4 Å². The Morgan fingerprint density at radius 3 is 2.27 bits per heavy atom. The number of rotatable bonds is 5. The predicted molar refractivity (Wildman–Crippen MR) is 89.9 cm³/mol. The number of hydrogen-bond donors (Lipinski definition) is 1. The van der Waals surface area contributed by atoms with Gasteiger partial charge in [0, 0.05) is 12.2 Å². The van der Waals surface area contributed by atoms with Crippen molar-refractivity contribution < 1.29 is 4.79 Å². The van der Waals surface area contributed by atoms with Crippen LogP contribution in [0.15, 0.2) is 54.6 Å². The highest BCUT2D eigenvalue weighted by molar-refractivity contribution is 5.84. The topological polar surface area (TPSA) is 46.3 Å². The largest absolute Gasteiger partial charge is 0.368 e. The molecule has 1 aliphatic heterocycles. The summed E-state index contributed by atoms with van der Waals surface area (Å²) in [4.78, 5) is 13.6. The van der Waals surface area contributed by atoms with Crippen molar-refractivity contribution in [3.63, 3.8) is 0 Å². The average molecular weight is 294 g/mol. The van der Waals surface area contributed by atoms with Gasteiger partial charge in [-0.3, -0.25) is 4.79 Å². The van der Waals surface area contributed by atoms with E-state index < -0.39 is 0 Å². The summed E-state index contributed by atoms with van der Waals surface area (Å²) in [6.45, 7) is 0.914. The summed E-state index contributed by atoms with van der Waals surface area (Å²) in [6, 6.07) is 18.9. The zero-order chi connectivity index (χ0) is 15.4. The normalized spacial score (nSPS) is 17.6. The Kier molecular flexibility index (Phi) is 4.42. The number of hydrogen-bond acceptors (Lipinski definition) is 2. The zero-order valence-corrected chi connectivity index (χ0v) is 12.7. The Morgan fingerprint density at radius 1 is 1.00 bits per heavy atom. The molecule has 2 aromatic carbocycles. The molecule has 1 atom stereocenters. The van der Waals surface area contributed by atoms with E-state index in [1.807, 2.05) is 6.07 Å². The maximum Gasteiger partial charge on any atom is 0.240 e. The van der Waals surface area contributed by atoms with Gasteiger partial charge in [-0.15, -0.1) is 0 Å². The minimum atomic E-state index is -0.217. The molecule has 3 rings (SSSR count). The van der Waals surface area contributed by atoms with Crippen molar-refractivity contribution in [2.24, 2.45) is 5.73 Å². The van der Waals surface area contributed by atoms with Gasteiger partial charge in [0.25, 0.3) is 0 Å². The minimum Gasteiger partial charge on any atom is -0.368 e. The Labute approximate surface area is 131 Å². The van der Waals surface area contributed by atoms with Gasteiger partial charge in [0.1, 0.15) is 6.04 Å². The second kappa shape index (κ2) is 6.65. The van der Waals surface area contributed by atoms with Gasteiger partial charge in [0.05, 0.1) is 0 Å². The van der Waals surface area contributed by atoms with E-state index in [1.54, 1.807) is 0 Å². The standard InChI is InChI=1S/C19H22N2O/c20-19(22)18-7-4-14-21(18)17-12-10-16(11-13-17)9-8-15-5-2-1-3-6-15/h1-3,5-6,10-13,18H,4,7-9,14H2,(H2,20,22)/t18-/m1/s1. The van der Waals surface area contributed by atoms with Gasteiger partial charge in [-0.25, -0.2) is 0 Å². The minimum absolute atomic E-state index is 0.143. The van der Waals surface area contributed by atoms with Gasteiger partial charge in [-0.05, 0) is 48.9 Å². The fourth-order valence-corrected chi connectivity index (χ4v) is 3.16. The molecule has 0 radical (unpaired) electrons. The molecule has 1 aliphatic rings. The third-order valence-electron chi connectivity index (χ3n) is 4.39. The number of amides is 1. The Balaban J connectivity index is 1.64. The molecular formula is C19H22N2O. The Morgan fingerprint density at radius 2 is 1.64 bits per heavy atom. The van der Waals surface area contributed by atoms with E-state index in [1.165, 1.54) is 11.1 Å². The zero-order valence-electron chi connectivity index (χ0n) is 12.7. The molecule has 0 aromatic heterocycles. The number of benzene rings is 2. The number of anilines is 1. The highest BCUT2D eigenvalue weighted by Crippen LogP contribution is 2.25. The first-order chi connectivity index (χ1) is 10.7. The summed E-state index contributed by atoms with van der Waals surface area (Å²) in [5, 5.41) is 0. The first kappa shape index (κ1) is 14.6. The molecule has 2 N–H and O–H groups in total. The van der Waals surface area contributed by atoms with Crippen molar-refractivity contribution in [3.05, 3.63) is 65.7 Å². The number of primary amides is 1. The number of nitrogens with zero attached hydrogens (tertiary/aromatic N) is 1. The van der Waals surface area contributed by atoms with Gasteiger partial charge < -0.3 is 10.6 Å². The van der Waals surface area contributed by atoms with Crippen LogP contribution in [0.1, 0.15) is 24.0 Å². The summed E-state index contributed by atoms with van der Waals surface area (Å²) in [5.41, 5.74) is 9.27. The van der Waals surface area contributed by atoms with Crippen LogP contribution < -0.4 is 10.6 Å². The van der Waals surface area contributed by atoms with Gasteiger partial charge >= 0.3 is 0 Å². The molecule has 0 spiro atoms. The van der Waals surface area contributed by atoms with E-state index in [0.717, 1.165) is 37.9 Å². The van der Waals surface area contributed by atoms with E-state index in [0.29, 0.717) is 0 Å². The average Bonchev–Trinajstić information content (AvgIpc) is 3.04. The molecule has 0 unspecified atom stereocenters. The van der Waals surface area contributed by atoms with Crippen LogP contribution in [-0.2, 0) is 17.6 Å². The summed E-state index contributed by atoms with van der Waals surface area (Å²) in [5.74, 6) is -0.217. The van der Waals surface area contributed by atoms with E-state index >= 15 is 0 Å². The van der Waals surface area contributed by atoms with E-state index in [-0.39, 0.29) is 11.9 Å². The molecule has 1 saturated heterocycles. The van der Waals surface area contributed by atoms with Crippen molar-refractivity contribution in [1.29, 1.82) is 0 Å². The van der Waals surface area contributed by atoms with Crippen molar-refractivity contribution in [2.75, 3.05) is 11.4 Å². The van der Waals surface area contributed by atoms with Crippen LogP contribution in [0.2, 0.25) is 0 Å². The van der Waals surface area contributed by atoms with Crippen LogP contribution in [0, 0.1) is 0 Å². The second-order valence-corrected chi connectivity index (χ2v) is 5.91. The van der Waals surface area contributed by atoms with Gasteiger partial charge in [-0.2, -0.15) is 0 Å². The molecule has 1 amide bonds. The number of nitrogens with two attached hydrogens (primary N) is 1. The predicted octanol–water partition coefficient (Wildman–Crippen LogP) is 2.93. The molecule has 0 saturated carbocycles. The SMILES string of the molecule is NC(=O)[C@H]1CCCN1c1ccc(CCc2ccccc2)cc1. The second-order valence-electron chi connectivity index (χ2n) is 5.91. The fourth-order valence-electron chi connectivity index (χ4n) is 3.16. The summed E-state index contributed by atoms with van der Waals surface area (Å²) < 4.78 is 0. The molecule has 3 heteroatoms. The van der Waals surface area contributed by atoms with Gasteiger partial charge in [-0.1, -0.05) is 42.5 Å². The van der Waals surface area contributed by atoms with Crippen molar-refractivity contribution >= 4 is 11.6 Å². The summed E-state index contributed by atoms with van der Waals surface area (Å²) in [7, 11) is 0. The van der Waals surface area contributed by atoms with Crippen LogP contribution in [0.5, 0.6) is 0 Å². The van der Waals surface area contributed by atoms with Crippen LogP contribution in [0.4, 0.5) is 5.69 Å². The number of carbonyl (C=O) groups is 1. The maximum absolute atomic E-state index is 11.5. The number of carbonyl (C=O) groups excluding carboxylic acids is 1. The highest BCUT2D eigenvalue weighted by atomic mass is 16.1. The van der Waals surface area contributed by atoms with Crippen LogP contribution in [-0.4, -0.2) is 18.5 Å². The van der Waals surface area contributed by atoms with Crippen molar-refractivity contribution in [1.82, 2.24) is 0 Å². The first-order valence-corrected chi connectivity index (χ1v) is 7.93. The molecule has 2 aromatic rings. The lowest BCUT2D eigenvalue weighted by molar-refractivity contribution is -0.119. The lowest BCUT2D eigenvalue weighted by Crippen LogP contribution is -2.40. The van der Waals surface area contributed by atoms with Gasteiger partial charge in [0.15, 0.2) is 0 Å². The lowest BCUT2D eigenvalue weighted by atomic mass is 10.0. The van der Waals surface area contributed by atoms with Crippen LogP contribution in [0.25, 0.3) is 0 Å². The van der Waals surface area contributed by atoms with Gasteiger partial charge in [0.2, 0.25) is 5.91 Å². The maximum atomic E-state index is 11.5. The Hall–Kier alpha value is -2.29. The van der Waals surface area contributed by atoms with Crippen LogP contribution in [0.3, 0.4) is 0 Å². The molecule has 1 fully saturated rings.